The quantitative estimate of drug-likeness (QED) is 0.398. The molecule has 0 N–H and O–H groups in total. The SMILES string of the molecule is COc1cc(N2CCC(C/C=C(/C)N=CC(OCC(C)C)=C(C)C)CC2)ccn1. The Morgan fingerprint density at radius 2 is 2.00 bits per heavy atom. The molecule has 2 rings (SSSR count). The summed E-state index contributed by atoms with van der Waals surface area (Å²) in [5, 5.41) is 0. The Labute approximate surface area is 176 Å². The second-order valence-electron chi connectivity index (χ2n) is 8.40. The monoisotopic (exact) mass is 399 g/mol. The van der Waals surface area contributed by atoms with E-state index >= 15 is 0 Å². The maximum atomic E-state index is 5.86. The number of anilines is 1. The molecule has 1 fully saturated rings. The van der Waals surface area contributed by atoms with Crippen LogP contribution in [0.15, 0.2) is 46.4 Å². The second kappa shape index (κ2) is 11.6. The van der Waals surface area contributed by atoms with Gasteiger partial charge in [-0.1, -0.05) is 19.9 Å². The van der Waals surface area contributed by atoms with Crippen molar-refractivity contribution in [2.75, 3.05) is 31.7 Å². The molecule has 5 heteroatoms. The molecular weight excluding hydrogens is 362 g/mol. The van der Waals surface area contributed by atoms with Crippen LogP contribution in [0.25, 0.3) is 0 Å². The van der Waals surface area contributed by atoms with E-state index in [0.29, 0.717) is 17.7 Å². The molecule has 0 aliphatic carbocycles. The van der Waals surface area contributed by atoms with Crippen LogP contribution in [0, 0.1) is 11.8 Å². The van der Waals surface area contributed by atoms with Crippen molar-refractivity contribution < 1.29 is 9.47 Å². The van der Waals surface area contributed by atoms with Gasteiger partial charge in [0.2, 0.25) is 5.88 Å². The molecule has 0 amide bonds. The van der Waals surface area contributed by atoms with Crippen LogP contribution in [0.2, 0.25) is 0 Å². The summed E-state index contributed by atoms with van der Waals surface area (Å²) in [6, 6.07) is 4.07. The number of hydrogen-bond donors (Lipinski definition) is 0. The lowest BCUT2D eigenvalue weighted by Crippen LogP contribution is -2.33. The molecular formula is C24H37N3O2. The summed E-state index contributed by atoms with van der Waals surface area (Å²) in [4.78, 5) is 11.2. The molecule has 5 nitrogen and oxygen atoms in total. The highest BCUT2D eigenvalue weighted by Gasteiger charge is 2.19. The Morgan fingerprint density at radius 3 is 2.62 bits per heavy atom. The van der Waals surface area contributed by atoms with Gasteiger partial charge in [-0.15, -0.1) is 0 Å². The lowest BCUT2D eigenvalue weighted by molar-refractivity contribution is 0.194. The fraction of sp³-hybridized carbons (Fsp3) is 0.583. The highest BCUT2D eigenvalue weighted by molar-refractivity contribution is 5.77. The number of pyridine rings is 1. The van der Waals surface area contributed by atoms with E-state index in [2.05, 4.69) is 61.6 Å². The predicted octanol–water partition coefficient (Wildman–Crippen LogP) is 5.64. The molecule has 0 unspecified atom stereocenters. The van der Waals surface area contributed by atoms with Gasteiger partial charge in [0.1, 0.15) is 5.76 Å². The number of nitrogens with zero attached hydrogens (tertiary/aromatic N) is 3. The molecule has 0 saturated carbocycles. The molecule has 160 valence electrons. The average Bonchev–Trinajstić information content (AvgIpc) is 2.72. The lowest BCUT2D eigenvalue weighted by atomic mass is 9.93. The van der Waals surface area contributed by atoms with E-state index in [-0.39, 0.29) is 0 Å². The van der Waals surface area contributed by atoms with Gasteiger partial charge in [0, 0.05) is 36.7 Å². The van der Waals surface area contributed by atoms with Crippen LogP contribution < -0.4 is 9.64 Å². The van der Waals surface area contributed by atoms with E-state index < -0.39 is 0 Å². The minimum absolute atomic E-state index is 0.508. The molecule has 0 bridgehead atoms. The second-order valence-corrected chi connectivity index (χ2v) is 8.40. The zero-order valence-electron chi connectivity index (χ0n) is 18.9. The molecule has 1 saturated heterocycles. The van der Waals surface area contributed by atoms with Gasteiger partial charge < -0.3 is 14.4 Å². The van der Waals surface area contributed by atoms with E-state index in [1.54, 1.807) is 7.11 Å². The first kappa shape index (κ1) is 23.0. The molecule has 0 spiro atoms. The third-order valence-electron chi connectivity index (χ3n) is 5.10. The van der Waals surface area contributed by atoms with Crippen LogP contribution in [-0.4, -0.2) is 38.0 Å². The first-order valence-corrected chi connectivity index (χ1v) is 10.6. The standard InChI is InChI=1S/C24H37N3O2/c1-18(2)17-29-23(19(3)4)16-26-20(5)7-8-21-10-13-27(14-11-21)22-9-12-25-24(15-22)28-6/h7,9,12,15-16,18,21H,8,10-11,13-14,17H2,1-6H3/b20-7-,26-16?. The number of aliphatic imine (C=N–C) groups is 1. The van der Waals surface area contributed by atoms with Crippen molar-refractivity contribution in [3.05, 3.63) is 41.4 Å². The van der Waals surface area contributed by atoms with Crippen molar-refractivity contribution in [1.82, 2.24) is 4.98 Å². The normalized spacial score (nSPS) is 15.8. The molecule has 1 aromatic heterocycles. The molecule has 2 heterocycles. The number of ether oxygens (including phenoxy) is 2. The summed E-state index contributed by atoms with van der Waals surface area (Å²) in [5.74, 6) is 2.77. The molecule has 0 aromatic carbocycles. The zero-order chi connectivity index (χ0) is 21.2. The topological polar surface area (TPSA) is 47.0 Å². The summed E-state index contributed by atoms with van der Waals surface area (Å²) in [5.41, 5.74) is 3.41. The van der Waals surface area contributed by atoms with E-state index in [1.165, 1.54) is 18.5 Å². The Kier molecular flexibility index (Phi) is 9.23. The molecule has 0 radical (unpaired) electrons. The molecule has 1 aliphatic rings. The van der Waals surface area contributed by atoms with Crippen molar-refractivity contribution in [1.29, 1.82) is 0 Å². The van der Waals surface area contributed by atoms with Gasteiger partial charge in [-0.2, -0.15) is 0 Å². The Bertz CT molecular complexity index is 725. The largest absolute Gasteiger partial charge is 0.492 e. The van der Waals surface area contributed by atoms with Gasteiger partial charge in [-0.05, 0) is 63.5 Å². The first-order chi connectivity index (χ1) is 13.9. The number of rotatable bonds is 9. The van der Waals surface area contributed by atoms with Gasteiger partial charge >= 0.3 is 0 Å². The maximum Gasteiger partial charge on any atom is 0.214 e. The summed E-state index contributed by atoms with van der Waals surface area (Å²) in [6.45, 7) is 13.4. The number of aromatic nitrogens is 1. The van der Waals surface area contributed by atoms with E-state index in [9.17, 15) is 0 Å². The first-order valence-electron chi connectivity index (χ1n) is 10.6. The third-order valence-corrected chi connectivity index (χ3v) is 5.10. The summed E-state index contributed by atoms with van der Waals surface area (Å²) < 4.78 is 11.1. The van der Waals surface area contributed by atoms with E-state index in [0.717, 1.165) is 43.1 Å². The summed E-state index contributed by atoms with van der Waals surface area (Å²) in [6.07, 6.45) is 9.40. The minimum atomic E-state index is 0.508. The number of piperidine rings is 1. The Morgan fingerprint density at radius 1 is 1.28 bits per heavy atom. The Hall–Kier alpha value is -2.30. The van der Waals surface area contributed by atoms with Crippen LogP contribution in [0.3, 0.4) is 0 Å². The summed E-state index contributed by atoms with van der Waals surface area (Å²) >= 11 is 0. The summed E-state index contributed by atoms with van der Waals surface area (Å²) in [7, 11) is 1.66. The van der Waals surface area contributed by atoms with Crippen molar-refractivity contribution in [3.8, 4) is 5.88 Å². The van der Waals surface area contributed by atoms with Crippen LogP contribution in [-0.2, 0) is 4.74 Å². The molecule has 0 atom stereocenters. The lowest BCUT2D eigenvalue weighted by Gasteiger charge is -2.33. The van der Waals surface area contributed by atoms with Crippen molar-refractivity contribution in [2.24, 2.45) is 16.8 Å². The number of allylic oxidation sites excluding steroid dienone is 4. The fourth-order valence-electron chi connectivity index (χ4n) is 3.25. The predicted molar refractivity (Wildman–Crippen MR) is 122 cm³/mol. The Balaban J connectivity index is 1.83. The average molecular weight is 400 g/mol. The highest BCUT2D eigenvalue weighted by Crippen LogP contribution is 2.27. The number of hydrogen-bond acceptors (Lipinski definition) is 5. The van der Waals surface area contributed by atoms with Gasteiger partial charge in [0.05, 0.1) is 19.9 Å². The van der Waals surface area contributed by atoms with Crippen LogP contribution in [0.5, 0.6) is 5.88 Å². The van der Waals surface area contributed by atoms with E-state index in [1.807, 2.05) is 18.5 Å². The smallest absolute Gasteiger partial charge is 0.214 e. The molecule has 1 aromatic rings. The van der Waals surface area contributed by atoms with Gasteiger partial charge in [0.25, 0.3) is 0 Å². The third kappa shape index (κ3) is 7.92. The van der Waals surface area contributed by atoms with Gasteiger partial charge in [-0.25, -0.2) is 4.98 Å². The van der Waals surface area contributed by atoms with Crippen LogP contribution in [0.1, 0.15) is 53.9 Å². The fourth-order valence-corrected chi connectivity index (χ4v) is 3.25. The molecule has 29 heavy (non-hydrogen) atoms. The minimum Gasteiger partial charge on any atom is -0.492 e. The highest BCUT2D eigenvalue weighted by atomic mass is 16.5. The van der Waals surface area contributed by atoms with Crippen molar-refractivity contribution in [3.63, 3.8) is 0 Å². The van der Waals surface area contributed by atoms with Crippen molar-refractivity contribution >= 4 is 11.9 Å². The maximum absolute atomic E-state index is 5.86. The zero-order valence-corrected chi connectivity index (χ0v) is 18.9. The number of methoxy groups -OCH3 is 1. The van der Waals surface area contributed by atoms with Gasteiger partial charge in [0.15, 0.2) is 0 Å². The van der Waals surface area contributed by atoms with Crippen LogP contribution >= 0.6 is 0 Å². The van der Waals surface area contributed by atoms with Gasteiger partial charge in [-0.3, -0.25) is 4.99 Å². The molecule has 1 aliphatic heterocycles. The van der Waals surface area contributed by atoms with Crippen LogP contribution in [0.4, 0.5) is 5.69 Å². The van der Waals surface area contributed by atoms with Crippen molar-refractivity contribution in [2.45, 2.75) is 53.9 Å². The van der Waals surface area contributed by atoms with E-state index in [4.69, 9.17) is 9.47 Å².